The summed E-state index contributed by atoms with van der Waals surface area (Å²) in [6, 6.07) is 44.0. The Kier molecular flexibility index (Phi) is 6.05. The summed E-state index contributed by atoms with van der Waals surface area (Å²) in [5.41, 5.74) is 5.30. The van der Waals surface area contributed by atoms with Crippen LogP contribution < -0.4 is 20.7 Å². The minimum atomic E-state index is -2.74. The van der Waals surface area contributed by atoms with Crippen LogP contribution in [-0.2, 0) is 0 Å². The van der Waals surface area contributed by atoms with E-state index in [9.17, 15) is 0 Å². The lowest BCUT2D eigenvalue weighted by Crippen LogP contribution is -2.73. The molecule has 1 aliphatic heterocycles. The molecular weight excluding hydrogens is 543 g/mol. The molecule has 0 N–H and O–H groups in total. The van der Waals surface area contributed by atoms with Crippen molar-refractivity contribution in [2.24, 2.45) is 0 Å². The average Bonchev–Trinajstić information content (AvgIpc) is 3.40. The van der Waals surface area contributed by atoms with Crippen LogP contribution in [0.25, 0.3) is 45.3 Å². The van der Waals surface area contributed by atoms with Crippen LogP contribution in [0, 0.1) is 0 Å². The van der Waals surface area contributed by atoms with Crippen LogP contribution in [0.2, 0.25) is 0 Å². The highest BCUT2D eigenvalue weighted by Crippen LogP contribution is 2.29. The second-order valence-corrected chi connectivity index (χ2v) is 14.3. The molecular formula is C37H25N5Si. The third kappa shape index (κ3) is 4.11. The molecule has 0 saturated heterocycles. The number of nitrogens with zero attached hydrogens (tertiary/aromatic N) is 5. The van der Waals surface area contributed by atoms with E-state index >= 15 is 0 Å². The maximum Gasteiger partial charge on any atom is 0.184 e. The van der Waals surface area contributed by atoms with E-state index in [0.29, 0.717) is 17.5 Å². The lowest BCUT2D eigenvalue weighted by molar-refractivity contribution is 1.07. The van der Waals surface area contributed by atoms with Gasteiger partial charge in [-0.1, -0.05) is 115 Å². The first-order valence-corrected chi connectivity index (χ1v) is 16.2. The first-order valence-electron chi connectivity index (χ1n) is 14.2. The smallest absolute Gasteiger partial charge is 0.184 e. The monoisotopic (exact) mass is 567 g/mol. The summed E-state index contributed by atoms with van der Waals surface area (Å²) in [6.07, 6.45) is 7.89. The molecule has 7 aromatic rings. The molecule has 4 aromatic carbocycles. The highest BCUT2D eigenvalue weighted by molar-refractivity contribution is 7.22. The fourth-order valence-corrected chi connectivity index (χ4v) is 11.4. The van der Waals surface area contributed by atoms with Crippen LogP contribution in [0.3, 0.4) is 0 Å². The van der Waals surface area contributed by atoms with Gasteiger partial charge >= 0.3 is 0 Å². The van der Waals surface area contributed by atoms with E-state index in [1.54, 1.807) is 0 Å². The molecule has 0 bridgehead atoms. The van der Waals surface area contributed by atoms with Gasteiger partial charge < -0.3 is 0 Å². The number of benzene rings is 4. The number of aromatic nitrogens is 5. The largest absolute Gasteiger partial charge is 0.265 e. The Morgan fingerprint density at radius 1 is 0.395 bits per heavy atom. The molecule has 1 aliphatic rings. The molecule has 0 atom stereocenters. The van der Waals surface area contributed by atoms with Crippen molar-refractivity contribution in [1.29, 1.82) is 0 Å². The molecule has 5 nitrogen and oxygen atoms in total. The number of pyridine rings is 2. The van der Waals surface area contributed by atoms with Crippen LogP contribution >= 0.6 is 0 Å². The summed E-state index contributed by atoms with van der Waals surface area (Å²) < 4.78 is 0. The van der Waals surface area contributed by atoms with Crippen molar-refractivity contribution in [3.63, 3.8) is 0 Å². The van der Waals surface area contributed by atoms with Gasteiger partial charge in [-0.15, -0.1) is 0 Å². The summed E-state index contributed by atoms with van der Waals surface area (Å²) in [4.78, 5) is 24.2. The zero-order chi connectivity index (χ0) is 28.6. The number of hydrogen-bond acceptors (Lipinski definition) is 5. The fourth-order valence-electron chi connectivity index (χ4n) is 6.31. The van der Waals surface area contributed by atoms with Crippen LogP contribution in [0.1, 0.15) is 0 Å². The minimum absolute atomic E-state index is 0.641. The van der Waals surface area contributed by atoms with Gasteiger partial charge in [-0.2, -0.15) is 0 Å². The topological polar surface area (TPSA) is 64.5 Å². The number of hydrogen-bond donors (Lipinski definition) is 0. The van der Waals surface area contributed by atoms with Gasteiger partial charge in [0, 0.05) is 41.5 Å². The standard InChI is InChI=1S/C37H25N5Si/c1-4-11-26(12-5-1)35-40-36(27-13-6-2-7-14-27)42-37(41-35)28-15-10-18-30(23-28)43(29-16-8-3-9-17-29)33-24-38-21-19-31(33)32-20-22-39-25-34(32)43/h1-25H. The minimum Gasteiger partial charge on any atom is -0.265 e. The molecule has 3 aromatic heterocycles. The van der Waals surface area contributed by atoms with Crippen LogP contribution in [0.5, 0.6) is 0 Å². The average molecular weight is 568 g/mol. The van der Waals surface area contributed by atoms with Crippen molar-refractivity contribution in [3.05, 3.63) is 152 Å². The predicted octanol–water partition coefficient (Wildman–Crippen LogP) is 5.02. The van der Waals surface area contributed by atoms with Gasteiger partial charge in [0.05, 0.1) is 0 Å². The van der Waals surface area contributed by atoms with E-state index in [1.165, 1.54) is 31.9 Å². The van der Waals surface area contributed by atoms with E-state index in [-0.39, 0.29) is 0 Å². The maximum atomic E-state index is 5.02. The molecule has 6 heteroatoms. The van der Waals surface area contributed by atoms with Gasteiger partial charge in [0.25, 0.3) is 0 Å². The van der Waals surface area contributed by atoms with Crippen molar-refractivity contribution < 1.29 is 0 Å². The highest BCUT2D eigenvalue weighted by Gasteiger charge is 2.49. The Hall–Kier alpha value is -5.59. The zero-order valence-electron chi connectivity index (χ0n) is 23.2. The molecule has 4 heterocycles. The van der Waals surface area contributed by atoms with E-state index in [2.05, 4.69) is 89.1 Å². The molecule has 0 saturated carbocycles. The van der Waals surface area contributed by atoms with E-state index in [1.807, 2.05) is 73.1 Å². The van der Waals surface area contributed by atoms with Crippen molar-refractivity contribution in [2.45, 2.75) is 0 Å². The van der Waals surface area contributed by atoms with Crippen LogP contribution in [0.15, 0.2) is 152 Å². The van der Waals surface area contributed by atoms with E-state index in [4.69, 9.17) is 15.0 Å². The van der Waals surface area contributed by atoms with E-state index in [0.717, 1.165) is 16.7 Å². The van der Waals surface area contributed by atoms with Crippen molar-refractivity contribution in [2.75, 3.05) is 0 Å². The normalized spacial score (nSPS) is 12.8. The first-order chi connectivity index (χ1) is 21.3. The van der Waals surface area contributed by atoms with Crippen molar-refractivity contribution >= 4 is 28.8 Å². The Morgan fingerprint density at radius 3 is 1.37 bits per heavy atom. The Bertz CT molecular complexity index is 1980. The zero-order valence-corrected chi connectivity index (χ0v) is 24.2. The Balaban J connectivity index is 1.38. The Morgan fingerprint density at radius 2 is 0.837 bits per heavy atom. The molecule has 0 aliphatic carbocycles. The quantitative estimate of drug-likeness (QED) is 0.273. The second-order valence-electron chi connectivity index (χ2n) is 10.6. The highest BCUT2D eigenvalue weighted by atomic mass is 28.3. The molecule has 8 rings (SSSR count). The van der Waals surface area contributed by atoms with Gasteiger partial charge in [0.15, 0.2) is 25.5 Å². The van der Waals surface area contributed by atoms with Gasteiger partial charge in [-0.05, 0) is 44.0 Å². The molecule has 0 fully saturated rings. The van der Waals surface area contributed by atoms with Crippen molar-refractivity contribution in [3.8, 4) is 45.3 Å². The number of fused-ring (bicyclic) bond motifs is 3. The molecule has 43 heavy (non-hydrogen) atoms. The third-order valence-electron chi connectivity index (χ3n) is 8.20. The lowest BCUT2D eigenvalue weighted by Gasteiger charge is -2.30. The van der Waals surface area contributed by atoms with Crippen molar-refractivity contribution in [1.82, 2.24) is 24.9 Å². The van der Waals surface area contributed by atoms with Gasteiger partial charge in [-0.3, -0.25) is 9.97 Å². The molecule has 0 amide bonds. The van der Waals surface area contributed by atoms with Crippen LogP contribution in [0.4, 0.5) is 0 Å². The van der Waals surface area contributed by atoms with Gasteiger partial charge in [0.2, 0.25) is 0 Å². The van der Waals surface area contributed by atoms with Gasteiger partial charge in [-0.25, -0.2) is 15.0 Å². The maximum absolute atomic E-state index is 5.02. The SMILES string of the molecule is c1ccc(-c2nc(-c3ccccc3)nc(-c3cccc([Si]4(c5ccccc5)c5cnccc5-c5ccncc54)c3)n2)cc1. The van der Waals surface area contributed by atoms with Crippen LogP contribution in [-0.4, -0.2) is 33.0 Å². The second kappa shape index (κ2) is 10.3. The molecule has 0 radical (unpaired) electrons. The van der Waals surface area contributed by atoms with E-state index < -0.39 is 8.07 Å². The summed E-state index contributed by atoms with van der Waals surface area (Å²) >= 11 is 0. The summed E-state index contributed by atoms with van der Waals surface area (Å²) in [7, 11) is -2.74. The van der Waals surface area contributed by atoms with Gasteiger partial charge in [0.1, 0.15) is 0 Å². The molecule has 0 spiro atoms. The fraction of sp³-hybridized carbons (Fsp3) is 0. The summed E-state index contributed by atoms with van der Waals surface area (Å²) in [6.45, 7) is 0. The number of rotatable bonds is 5. The first kappa shape index (κ1) is 25.1. The predicted molar refractivity (Wildman–Crippen MR) is 174 cm³/mol. The Labute approximate surface area is 250 Å². The summed E-state index contributed by atoms with van der Waals surface area (Å²) in [5.74, 6) is 1.94. The summed E-state index contributed by atoms with van der Waals surface area (Å²) in [5, 5.41) is 5.07. The lowest BCUT2D eigenvalue weighted by atomic mass is 10.1. The molecule has 202 valence electrons. The molecule has 0 unspecified atom stereocenters. The third-order valence-corrected chi connectivity index (χ3v) is 13.0.